The van der Waals surface area contributed by atoms with E-state index < -0.39 is 0 Å². The summed E-state index contributed by atoms with van der Waals surface area (Å²) < 4.78 is 5.83. The Hall–Kier alpha value is -2.38. The Bertz CT molecular complexity index is 656. The zero-order valence-electron chi connectivity index (χ0n) is 11.8. The van der Waals surface area contributed by atoms with E-state index in [1.54, 1.807) is 6.08 Å². The number of hydrogen-bond donors (Lipinski definition) is 0. The smallest absolute Gasteiger partial charge is 0.235 e. The monoisotopic (exact) mass is 279 g/mol. The number of ether oxygens (including phenoxy) is 1. The van der Waals surface area contributed by atoms with Crippen molar-refractivity contribution in [1.29, 1.82) is 0 Å². The van der Waals surface area contributed by atoms with Gasteiger partial charge in [0.1, 0.15) is 12.4 Å². The molecule has 2 aromatic rings. The third-order valence-electron chi connectivity index (χ3n) is 4.06. The molecule has 0 amide bonds. The molecule has 1 fully saturated rings. The zero-order chi connectivity index (χ0) is 14.5. The van der Waals surface area contributed by atoms with Crippen LogP contribution < -0.4 is 4.74 Å². The van der Waals surface area contributed by atoms with Crippen molar-refractivity contribution in [3.05, 3.63) is 65.7 Å². The van der Waals surface area contributed by atoms with Gasteiger partial charge in [-0.3, -0.25) is 0 Å². The third kappa shape index (κ3) is 2.88. The van der Waals surface area contributed by atoms with Crippen molar-refractivity contribution < 1.29 is 9.53 Å². The predicted molar refractivity (Wildman–Crippen MR) is 80.9 cm³/mol. The summed E-state index contributed by atoms with van der Waals surface area (Å²) in [5.74, 6) is 0.809. The largest absolute Gasteiger partial charge is 0.489 e. The Morgan fingerprint density at radius 2 is 1.90 bits per heavy atom. The van der Waals surface area contributed by atoms with Crippen molar-refractivity contribution >= 4 is 6.08 Å². The van der Waals surface area contributed by atoms with Crippen molar-refractivity contribution in [3.8, 4) is 5.75 Å². The second-order valence-electron chi connectivity index (χ2n) is 5.39. The number of benzene rings is 2. The van der Waals surface area contributed by atoms with Gasteiger partial charge in [0.05, 0.1) is 5.54 Å². The van der Waals surface area contributed by atoms with Crippen LogP contribution in [0, 0.1) is 0 Å². The summed E-state index contributed by atoms with van der Waals surface area (Å²) in [5.41, 5.74) is 1.81. The van der Waals surface area contributed by atoms with Crippen LogP contribution in [0.4, 0.5) is 0 Å². The average Bonchev–Trinajstić information content (AvgIpc) is 2.50. The molecule has 0 atom stereocenters. The van der Waals surface area contributed by atoms with Gasteiger partial charge in [-0.2, -0.15) is 4.99 Å². The van der Waals surface area contributed by atoms with Gasteiger partial charge >= 0.3 is 0 Å². The van der Waals surface area contributed by atoms with Gasteiger partial charge in [0.15, 0.2) is 0 Å². The average molecular weight is 279 g/mol. The van der Waals surface area contributed by atoms with Gasteiger partial charge in [-0.15, -0.1) is 0 Å². The Kier molecular flexibility index (Phi) is 3.85. The number of hydrogen-bond acceptors (Lipinski definition) is 3. The molecule has 0 aromatic heterocycles. The summed E-state index contributed by atoms with van der Waals surface area (Å²) in [5, 5.41) is 0. The maximum atomic E-state index is 10.7. The highest BCUT2D eigenvalue weighted by atomic mass is 16.5. The first-order valence-corrected chi connectivity index (χ1v) is 7.19. The van der Waals surface area contributed by atoms with Crippen molar-refractivity contribution in [2.75, 3.05) is 0 Å². The van der Waals surface area contributed by atoms with E-state index in [1.807, 2.05) is 54.6 Å². The molecule has 21 heavy (non-hydrogen) atoms. The topological polar surface area (TPSA) is 38.7 Å². The van der Waals surface area contributed by atoms with E-state index in [4.69, 9.17) is 4.74 Å². The third-order valence-corrected chi connectivity index (χ3v) is 4.06. The molecule has 0 bridgehead atoms. The van der Waals surface area contributed by atoms with Gasteiger partial charge in [0.2, 0.25) is 6.08 Å². The van der Waals surface area contributed by atoms with Crippen LogP contribution >= 0.6 is 0 Å². The van der Waals surface area contributed by atoms with E-state index in [0.29, 0.717) is 6.61 Å². The minimum atomic E-state index is -0.367. The predicted octanol–water partition coefficient (Wildman–Crippen LogP) is 3.98. The first-order chi connectivity index (χ1) is 10.3. The summed E-state index contributed by atoms with van der Waals surface area (Å²) in [6.45, 7) is 0.536. The molecule has 0 N–H and O–H groups in total. The lowest BCUT2D eigenvalue weighted by molar-refractivity contribution is 0.253. The molecule has 3 nitrogen and oxygen atoms in total. The Balaban J connectivity index is 1.76. The fraction of sp³-hybridized carbons (Fsp3) is 0.278. The highest BCUT2D eigenvalue weighted by Crippen LogP contribution is 2.45. The van der Waals surface area contributed by atoms with Gasteiger partial charge in [-0.05, 0) is 42.5 Å². The lowest BCUT2D eigenvalue weighted by atomic mass is 9.72. The van der Waals surface area contributed by atoms with Crippen LogP contribution in [0.1, 0.15) is 30.4 Å². The molecule has 1 aliphatic carbocycles. The van der Waals surface area contributed by atoms with Crippen molar-refractivity contribution in [1.82, 2.24) is 0 Å². The van der Waals surface area contributed by atoms with Crippen LogP contribution in [-0.2, 0) is 16.9 Å². The molecule has 0 spiro atoms. The van der Waals surface area contributed by atoms with E-state index in [9.17, 15) is 4.79 Å². The maximum absolute atomic E-state index is 10.7. The first-order valence-electron chi connectivity index (χ1n) is 7.19. The highest BCUT2D eigenvalue weighted by Gasteiger charge is 2.38. The molecule has 0 saturated heterocycles. The van der Waals surface area contributed by atoms with Crippen LogP contribution in [0.15, 0.2) is 59.6 Å². The number of carbonyl (C=O) groups excluding carboxylic acids is 1. The van der Waals surface area contributed by atoms with Crippen molar-refractivity contribution in [2.45, 2.75) is 31.4 Å². The van der Waals surface area contributed by atoms with Gasteiger partial charge in [0.25, 0.3) is 0 Å². The molecule has 3 rings (SSSR count). The van der Waals surface area contributed by atoms with Gasteiger partial charge < -0.3 is 4.74 Å². The quantitative estimate of drug-likeness (QED) is 0.613. The van der Waals surface area contributed by atoms with Crippen molar-refractivity contribution in [2.24, 2.45) is 4.99 Å². The summed E-state index contributed by atoms with van der Waals surface area (Å²) in [4.78, 5) is 14.7. The normalized spacial score (nSPS) is 15.6. The molecular weight excluding hydrogens is 262 g/mol. The summed E-state index contributed by atoms with van der Waals surface area (Å²) in [6, 6.07) is 17.9. The summed E-state index contributed by atoms with van der Waals surface area (Å²) in [7, 11) is 0. The Morgan fingerprint density at radius 3 is 2.57 bits per heavy atom. The van der Waals surface area contributed by atoms with E-state index in [1.165, 1.54) is 0 Å². The zero-order valence-corrected chi connectivity index (χ0v) is 11.8. The molecule has 0 heterocycles. The van der Waals surface area contributed by atoms with Gasteiger partial charge in [-0.25, -0.2) is 4.79 Å². The van der Waals surface area contributed by atoms with E-state index in [0.717, 1.165) is 36.1 Å². The number of aliphatic imine (C=N–C) groups is 1. The van der Waals surface area contributed by atoms with E-state index in [2.05, 4.69) is 4.99 Å². The molecule has 1 aliphatic rings. The second kappa shape index (κ2) is 5.94. The molecule has 106 valence electrons. The van der Waals surface area contributed by atoms with Crippen molar-refractivity contribution in [3.63, 3.8) is 0 Å². The fourth-order valence-electron chi connectivity index (χ4n) is 2.68. The SMILES string of the molecule is O=C=NC1(c2cccc(OCc3ccccc3)c2)CCC1. The fourth-order valence-corrected chi connectivity index (χ4v) is 2.68. The summed E-state index contributed by atoms with van der Waals surface area (Å²) in [6.07, 6.45) is 4.63. The van der Waals surface area contributed by atoms with Crippen LogP contribution in [0.3, 0.4) is 0 Å². The molecule has 3 heteroatoms. The van der Waals surface area contributed by atoms with E-state index in [-0.39, 0.29) is 5.54 Å². The molecule has 0 aliphatic heterocycles. The van der Waals surface area contributed by atoms with Gasteiger partial charge in [0, 0.05) is 0 Å². The second-order valence-corrected chi connectivity index (χ2v) is 5.39. The van der Waals surface area contributed by atoms with Crippen LogP contribution in [-0.4, -0.2) is 6.08 Å². The molecule has 1 saturated carbocycles. The first kappa shape index (κ1) is 13.6. The van der Waals surface area contributed by atoms with Gasteiger partial charge in [-0.1, -0.05) is 42.5 Å². The van der Waals surface area contributed by atoms with Crippen LogP contribution in [0.25, 0.3) is 0 Å². The number of rotatable bonds is 5. The number of isocyanates is 1. The number of nitrogens with zero attached hydrogens (tertiary/aromatic N) is 1. The highest BCUT2D eigenvalue weighted by molar-refractivity contribution is 5.41. The molecule has 0 unspecified atom stereocenters. The molecule has 0 radical (unpaired) electrons. The maximum Gasteiger partial charge on any atom is 0.235 e. The minimum Gasteiger partial charge on any atom is -0.489 e. The molecular formula is C18H17NO2. The summed E-state index contributed by atoms with van der Waals surface area (Å²) >= 11 is 0. The van der Waals surface area contributed by atoms with E-state index >= 15 is 0 Å². The van der Waals surface area contributed by atoms with Crippen LogP contribution in [0.5, 0.6) is 5.75 Å². The molecule has 2 aromatic carbocycles. The minimum absolute atomic E-state index is 0.367. The van der Waals surface area contributed by atoms with Crippen LogP contribution in [0.2, 0.25) is 0 Å². The standard InChI is InChI=1S/C18H17NO2/c20-14-19-18(10-5-11-18)16-8-4-9-17(12-16)21-13-15-6-2-1-3-7-15/h1-4,6-9,12H,5,10-11,13H2. The lowest BCUT2D eigenvalue weighted by Crippen LogP contribution is -2.31. The lowest BCUT2D eigenvalue weighted by Gasteiger charge is -2.37. The Morgan fingerprint density at radius 1 is 1.10 bits per heavy atom. The Labute approximate surface area is 124 Å².